The smallest absolute Gasteiger partial charge is 0.128 e. The number of aliphatic hydroxyl groups excluding tert-OH is 1. The number of anilines is 1. The molecule has 0 aliphatic carbocycles. The minimum Gasteiger partial charge on any atom is -0.392 e. The van der Waals surface area contributed by atoms with Crippen molar-refractivity contribution in [2.45, 2.75) is 26.5 Å². The summed E-state index contributed by atoms with van der Waals surface area (Å²) in [6, 6.07) is 4.25. The van der Waals surface area contributed by atoms with E-state index in [-0.39, 0.29) is 6.61 Å². The van der Waals surface area contributed by atoms with Crippen LogP contribution in [0.15, 0.2) is 18.3 Å². The summed E-state index contributed by atoms with van der Waals surface area (Å²) in [6.45, 7) is 4.28. The van der Waals surface area contributed by atoms with Gasteiger partial charge in [-0.15, -0.1) is 0 Å². The second-order valence-electron chi connectivity index (χ2n) is 3.39. The molecule has 1 aromatic rings. The van der Waals surface area contributed by atoms with Crippen molar-refractivity contribution in [2.75, 3.05) is 11.9 Å². The predicted molar refractivity (Wildman–Crippen MR) is 53.7 cm³/mol. The Balaban J connectivity index is 2.79. The average molecular weight is 180 g/mol. The fourth-order valence-electron chi connectivity index (χ4n) is 0.983. The third-order valence-corrected chi connectivity index (χ3v) is 2.13. The van der Waals surface area contributed by atoms with E-state index in [4.69, 9.17) is 5.11 Å². The molecule has 0 aliphatic heterocycles. The highest BCUT2D eigenvalue weighted by atomic mass is 16.3. The van der Waals surface area contributed by atoms with Crippen LogP contribution in [0.5, 0.6) is 0 Å². The molecule has 0 saturated carbocycles. The molecule has 3 nitrogen and oxygen atoms in total. The quantitative estimate of drug-likeness (QED) is 0.764. The number of pyridine rings is 1. The maximum Gasteiger partial charge on any atom is 0.128 e. The zero-order valence-corrected chi connectivity index (χ0v) is 8.36. The van der Waals surface area contributed by atoms with Crippen molar-refractivity contribution in [3.05, 3.63) is 23.9 Å². The zero-order valence-electron chi connectivity index (χ0n) is 8.36. The molecule has 1 N–H and O–H groups in total. The van der Waals surface area contributed by atoms with E-state index in [1.165, 1.54) is 0 Å². The predicted octanol–water partition coefficient (Wildman–Crippen LogP) is 1.42. The van der Waals surface area contributed by atoms with Crippen LogP contribution < -0.4 is 4.90 Å². The zero-order chi connectivity index (χ0) is 9.84. The van der Waals surface area contributed by atoms with E-state index in [1.54, 1.807) is 6.20 Å². The minimum absolute atomic E-state index is 0.0542. The molecule has 3 heteroatoms. The van der Waals surface area contributed by atoms with Crippen LogP contribution >= 0.6 is 0 Å². The van der Waals surface area contributed by atoms with Gasteiger partial charge in [-0.25, -0.2) is 4.98 Å². The van der Waals surface area contributed by atoms with Crippen molar-refractivity contribution in [1.29, 1.82) is 0 Å². The molecule has 0 spiro atoms. The molecule has 0 saturated heterocycles. The first-order valence-corrected chi connectivity index (χ1v) is 4.43. The number of rotatable bonds is 3. The Morgan fingerprint density at radius 3 is 2.54 bits per heavy atom. The Hall–Kier alpha value is -1.09. The number of hydrogen-bond acceptors (Lipinski definition) is 3. The van der Waals surface area contributed by atoms with Gasteiger partial charge in [0.2, 0.25) is 0 Å². The van der Waals surface area contributed by atoms with Crippen molar-refractivity contribution in [1.82, 2.24) is 4.98 Å². The lowest BCUT2D eigenvalue weighted by Crippen LogP contribution is -2.26. The molecule has 0 aromatic carbocycles. The van der Waals surface area contributed by atoms with Gasteiger partial charge < -0.3 is 10.0 Å². The van der Waals surface area contributed by atoms with Gasteiger partial charge in [0.05, 0.1) is 6.61 Å². The summed E-state index contributed by atoms with van der Waals surface area (Å²) in [5.74, 6) is 0.937. The van der Waals surface area contributed by atoms with Crippen LogP contribution in [0, 0.1) is 0 Å². The van der Waals surface area contributed by atoms with Crippen molar-refractivity contribution < 1.29 is 5.11 Å². The van der Waals surface area contributed by atoms with E-state index in [0.29, 0.717) is 6.04 Å². The van der Waals surface area contributed by atoms with Crippen LogP contribution in [0.25, 0.3) is 0 Å². The van der Waals surface area contributed by atoms with Crippen LogP contribution in [0.1, 0.15) is 19.4 Å². The molecule has 0 fully saturated rings. The monoisotopic (exact) mass is 180 g/mol. The van der Waals surface area contributed by atoms with Crippen molar-refractivity contribution in [3.8, 4) is 0 Å². The van der Waals surface area contributed by atoms with Crippen LogP contribution in [-0.4, -0.2) is 23.2 Å². The maximum atomic E-state index is 8.82. The fraction of sp³-hybridized carbons (Fsp3) is 0.500. The molecule has 0 atom stereocenters. The number of aliphatic hydroxyl groups is 1. The van der Waals surface area contributed by atoms with Gasteiger partial charge in [0.1, 0.15) is 5.82 Å². The third-order valence-electron chi connectivity index (χ3n) is 2.13. The molecule has 0 unspecified atom stereocenters. The Morgan fingerprint density at radius 2 is 2.15 bits per heavy atom. The molecule has 1 heterocycles. The summed E-state index contributed by atoms with van der Waals surface area (Å²) in [7, 11) is 2.01. The normalized spacial score (nSPS) is 10.5. The van der Waals surface area contributed by atoms with Gasteiger partial charge in [0, 0.05) is 19.3 Å². The van der Waals surface area contributed by atoms with Crippen LogP contribution in [0.2, 0.25) is 0 Å². The standard InChI is InChI=1S/C10H16N2O/c1-8(2)12(3)10-5-4-9(7-13)6-11-10/h4-6,8,13H,7H2,1-3H3. The lowest BCUT2D eigenvalue weighted by molar-refractivity contribution is 0.281. The van der Waals surface area contributed by atoms with Crippen LogP contribution in [0.3, 0.4) is 0 Å². The van der Waals surface area contributed by atoms with Gasteiger partial charge in [-0.1, -0.05) is 6.07 Å². The average Bonchev–Trinajstić information content (AvgIpc) is 2.17. The highest BCUT2D eigenvalue weighted by molar-refractivity contribution is 5.38. The SMILES string of the molecule is CC(C)N(C)c1ccc(CO)cn1. The Labute approximate surface area is 79.0 Å². The fourth-order valence-corrected chi connectivity index (χ4v) is 0.983. The second kappa shape index (κ2) is 4.23. The van der Waals surface area contributed by atoms with Gasteiger partial charge in [-0.2, -0.15) is 0 Å². The van der Waals surface area contributed by atoms with E-state index < -0.39 is 0 Å². The first-order valence-electron chi connectivity index (χ1n) is 4.43. The molecular weight excluding hydrogens is 164 g/mol. The Morgan fingerprint density at radius 1 is 1.46 bits per heavy atom. The van der Waals surface area contributed by atoms with Crippen molar-refractivity contribution in [3.63, 3.8) is 0 Å². The number of nitrogens with zero attached hydrogens (tertiary/aromatic N) is 2. The molecule has 0 radical (unpaired) electrons. The molecule has 0 bridgehead atoms. The van der Waals surface area contributed by atoms with Gasteiger partial charge in [-0.3, -0.25) is 0 Å². The van der Waals surface area contributed by atoms with E-state index in [2.05, 4.69) is 23.7 Å². The summed E-state index contributed by atoms with van der Waals surface area (Å²) >= 11 is 0. The summed E-state index contributed by atoms with van der Waals surface area (Å²) in [6.07, 6.45) is 1.70. The highest BCUT2D eigenvalue weighted by Crippen LogP contribution is 2.11. The third kappa shape index (κ3) is 2.42. The lowest BCUT2D eigenvalue weighted by Gasteiger charge is -2.22. The van der Waals surface area contributed by atoms with Gasteiger partial charge in [0.25, 0.3) is 0 Å². The van der Waals surface area contributed by atoms with Crippen LogP contribution in [-0.2, 0) is 6.61 Å². The molecule has 1 rings (SSSR count). The van der Waals surface area contributed by atoms with E-state index in [1.807, 2.05) is 19.2 Å². The van der Waals surface area contributed by atoms with E-state index in [9.17, 15) is 0 Å². The summed E-state index contributed by atoms with van der Waals surface area (Å²) < 4.78 is 0. The van der Waals surface area contributed by atoms with E-state index >= 15 is 0 Å². The first-order chi connectivity index (χ1) is 6.15. The number of hydrogen-bond donors (Lipinski definition) is 1. The Kier molecular flexibility index (Phi) is 3.25. The minimum atomic E-state index is 0.0542. The molecule has 0 amide bonds. The highest BCUT2D eigenvalue weighted by Gasteiger charge is 2.04. The van der Waals surface area contributed by atoms with E-state index in [0.717, 1.165) is 11.4 Å². The van der Waals surface area contributed by atoms with Gasteiger partial charge in [-0.05, 0) is 25.5 Å². The summed E-state index contributed by atoms with van der Waals surface area (Å²) in [5, 5.41) is 8.82. The van der Waals surface area contributed by atoms with Gasteiger partial charge in [0.15, 0.2) is 0 Å². The molecule has 13 heavy (non-hydrogen) atoms. The largest absolute Gasteiger partial charge is 0.392 e. The van der Waals surface area contributed by atoms with Gasteiger partial charge >= 0.3 is 0 Å². The topological polar surface area (TPSA) is 36.4 Å². The maximum absolute atomic E-state index is 8.82. The van der Waals surface area contributed by atoms with Crippen LogP contribution in [0.4, 0.5) is 5.82 Å². The molecule has 0 aliphatic rings. The first kappa shape index (κ1) is 9.99. The van der Waals surface area contributed by atoms with Crippen molar-refractivity contribution in [2.24, 2.45) is 0 Å². The molecule has 1 aromatic heterocycles. The molecule has 72 valence electrons. The van der Waals surface area contributed by atoms with Crippen molar-refractivity contribution >= 4 is 5.82 Å². The lowest BCUT2D eigenvalue weighted by atomic mass is 10.3. The second-order valence-corrected chi connectivity index (χ2v) is 3.39. The summed E-state index contributed by atoms with van der Waals surface area (Å²) in [5.41, 5.74) is 0.848. The molecular formula is C10H16N2O. The Bertz CT molecular complexity index is 256. The number of aromatic nitrogens is 1. The summed E-state index contributed by atoms with van der Waals surface area (Å²) in [4.78, 5) is 6.32.